The predicted molar refractivity (Wildman–Crippen MR) is 99.1 cm³/mol. The highest BCUT2D eigenvalue weighted by Crippen LogP contribution is 2.15. The maximum atomic E-state index is 13.5. The average Bonchev–Trinajstić information content (AvgIpc) is 3.06. The van der Waals surface area contributed by atoms with Gasteiger partial charge in [-0.25, -0.2) is 9.07 Å². The third-order valence-electron chi connectivity index (χ3n) is 3.85. The van der Waals surface area contributed by atoms with E-state index in [1.165, 1.54) is 10.7 Å². The molecular formula is C15H23BClFN6O3. The van der Waals surface area contributed by atoms with E-state index in [4.69, 9.17) is 15.8 Å². The van der Waals surface area contributed by atoms with Crippen molar-refractivity contribution >= 4 is 25.4 Å². The Morgan fingerprint density at radius 1 is 1.33 bits per heavy atom. The smallest absolute Gasteiger partial charge is 0.427 e. The minimum atomic E-state index is -1.32. The fourth-order valence-corrected chi connectivity index (χ4v) is 2.44. The van der Waals surface area contributed by atoms with Gasteiger partial charge in [-0.3, -0.25) is 4.79 Å². The summed E-state index contributed by atoms with van der Waals surface area (Å²) in [4.78, 5) is 12.1. The number of tetrazole rings is 1. The van der Waals surface area contributed by atoms with E-state index in [9.17, 15) is 9.18 Å². The molecule has 0 saturated heterocycles. The first-order chi connectivity index (χ1) is 12.5. The summed E-state index contributed by atoms with van der Waals surface area (Å²) in [6, 6.07) is 5.72. The van der Waals surface area contributed by atoms with Crippen LogP contribution in [0, 0.1) is 5.82 Å². The molecular weight excluding hydrogens is 377 g/mol. The van der Waals surface area contributed by atoms with Crippen LogP contribution in [0.3, 0.4) is 0 Å². The summed E-state index contributed by atoms with van der Waals surface area (Å²) in [6.45, 7) is -0.0572. The zero-order chi connectivity index (χ0) is 18.9. The lowest BCUT2D eigenvalue weighted by atomic mass is 9.83. The number of aromatic nitrogens is 4. The van der Waals surface area contributed by atoms with E-state index < -0.39 is 13.2 Å². The van der Waals surface area contributed by atoms with Crippen LogP contribution in [0.4, 0.5) is 4.39 Å². The fourth-order valence-electron chi connectivity index (χ4n) is 2.44. The summed E-state index contributed by atoms with van der Waals surface area (Å²) in [6.07, 6.45) is 2.10. The molecule has 0 unspecified atom stereocenters. The Morgan fingerprint density at radius 2 is 2.07 bits per heavy atom. The number of carbonyl (C=O) groups is 1. The molecule has 0 spiro atoms. The van der Waals surface area contributed by atoms with Gasteiger partial charge < -0.3 is 21.1 Å². The van der Waals surface area contributed by atoms with Gasteiger partial charge in [0.15, 0.2) is 5.82 Å². The molecule has 148 valence electrons. The molecule has 1 aromatic carbocycles. The molecule has 0 fully saturated rings. The third kappa shape index (κ3) is 7.59. The van der Waals surface area contributed by atoms with E-state index in [1.807, 2.05) is 0 Å². The van der Waals surface area contributed by atoms with E-state index in [-0.39, 0.29) is 43.5 Å². The second-order valence-electron chi connectivity index (χ2n) is 5.93. The Balaban J connectivity index is 0.00000364. The van der Waals surface area contributed by atoms with E-state index in [1.54, 1.807) is 18.2 Å². The van der Waals surface area contributed by atoms with Crippen molar-refractivity contribution in [1.29, 1.82) is 0 Å². The third-order valence-corrected chi connectivity index (χ3v) is 3.85. The van der Waals surface area contributed by atoms with Crippen molar-refractivity contribution in [2.45, 2.75) is 44.7 Å². The topological polar surface area (TPSA) is 139 Å². The monoisotopic (exact) mass is 400 g/mol. The number of nitrogens with zero attached hydrogens (tertiary/aromatic N) is 4. The van der Waals surface area contributed by atoms with Gasteiger partial charge in [0, 0.05) is 12.1 Å². The van der Waals surface area contributed by atoms with Crippen molar-refractivity contribution in [3.8, 4) is 0 Å². The van der Waals surface area contributed by atoms with Gasteiger partial charge in [-0.05, 0) is 29.2 Å². The molecule has 2 aromatic rings. The fraction of sp³-hybridized carbons (Fsp3) is 0.467. The van der Waals surface area contributed by atoms with Crippen LogP contribution >= 0.6 is 12.4 Å². The zero-order valence-electron chi connectivity index (χ0n) is 14.7. The van der Waals surface area contributed by atoms with Crippen LogP contribution in [-0.4, -0.2) is 43.3 Å². The first-order valence-corrected chi connectivity index (χ1v) is 8.35. The molecule has 0 saturated carbocycles. The normalized spacial score (nSPS) is 11.6. The standard InChI is InChI=1S/C15H22BFN6O3.ClH/c17-12-6-2-1-5-11(12)9-19-14(24)10-23-15(20-21-22-23)13(18)7-3-4-8-16(25)26;/h1-2,5-6,13,25-26H,3-4,7-10,18H2,(H,19,24);1H/t13-;/m1./s1. The predicted octanol–water partition coefficient (Wildman–Crippen LogP) is 0.193. The molecule has 2 rings (SSSR count). The molecule has 0 bridgehead atoms. The maximum Gasteiger partial charge on any atom is 0.451 e. The largest absolute Gasteiger partial charge is 0.451 e. The van der Waals surface area contributed by atoms with Gasteiger partial charge in [0.05, 0.1) is 6.04 Å². The first-order valence-electron chi connectivity index (χ1n) is 8.35. The lowest BCUT2D eigenvalue weighted by Crippen LogP contribution is -2.29. The molecule has 9 nitrogen and oxygen atoms in total. The van der Waals surface area contributed by atoms with Crippen LogP contribution < -0.4 is 11.1 Å². The summed E-state index contributed by atoms with van der Waals surface area (Å²) in [5.74, 6) is -0.376. The van der Waals surface area contributed by atoms with Crippen LogP contribution in [0.15, 0.2) is 24.3 Å². The Kier molecular flexibility index (Phi) is 9.87. The van der Waals surface area contributed by atoms with Crippen molar-refractivity contribution in [1.82, 2.24) is 25.5 Å². The number of nitrogens with one attached hydrogen (secondary N) is 1. The molecule has 0 aliphatic heterocycles. The maximum absolute atomic E-state index is 13.5. The number of hydrogen-bond donors (Lipinski definition) is 4. The van der Waals surface area contributed by atoms with Gasteiger partial charge in [0.25, 0.3) is 0 Å². The van der Waals surface area contributed by atoms with Crippen LogP contribution in [-0.2, 0) is 17.9 Å². The zero-order valence-corrected chi connectivity index (χ0v) is 15.5. The number of amides is 1. The Bertz CT molecular complexity index is 720. The van der Waals surface area contributed by atoms with Crippen molar-refractivity contribution < 1.29 is 19.2 Å². The van der Waals surface area contributed by atoms with Gasteiger partial charge in [0.1, 0.15) is 12.4 Å². The molecule has 1 atom stereocenters. The van der Waals surface area contributed by atoms with E-state index in [0.717, 1.165) is 0 Å². The molecule has 0 radical (unpaired) electrons. The highest BCUT2D eigenvalue weighted by Gasteiger charge is 2.17. The molecule has 1 heterocycles. The summed E-state index contributed by atoms with van der Waals surface area (Å²) >= 11 is 0. The molecule has 0 aliphatic rings. The van der Waals surface area contributed by atoms with Crippen LogP contribution in [0.2, 0.25) is 6.32 Å². The highest BCUT2D eigenvalue weighted by molar-refractivity contribution is 6.40. The minimum Gasteiger partial charge on any atom is -0.427 e. The van der Waals surface area contributed by atoms with Gasteiger partial charge in [-0.15, -0.1) is 17.5 Å². The second kappa shape index (κ2) is 11.6. The summed E-state index contributed by atoms with van der Waals surface area (Å²) in [5, 5.41) is 31.4. The number of nitrogens with two attached hydrogens (primary N) is 1. The number of unbranched alkanes of at least 4 members (excludes halogenated alkanes) is 1. The quantitative estimate of drug-likeness (QED) is 0.330. The number of rotatable bonds is 10. The molecule has 5 N–H and O–H groups in total. The van der Waals surface area contributed by atoms with Gasteiger partial charge in [-0.1, -0.05) is 31.0 Å². The number of benzene rings is 1. The average molecular weight is 401 g/mol. The summed E-state index contributed by atoms with van der Waals surface area (Å²) in [7, 11) is -1.32. The van der Waals surface area contributed by atoms with Crippen LogP contribution in [0.25, 0.3) is 0 Å². The summed E-state index contributed by atoms with van der Waals surface area (Å²) < 4.78 is 14.9. The lowest BCUT2D eigenvalue weighted by molar-refractivity contribution is -0.122. The molecule has 12 heteroatoms. The van der Waals surface area contributed by atoms with Crippen LogP contribution in [0.5, 0.6) is 0 Å². The van der Waals surface area contributed by atoms with E-state index >= 15 is 0 Å². The Hall–Kier alpha value is -2.08. The molecule has 1 amide bonds. The first kappa shape index (κ1) is 23.0. The SMILES string of the molecule is Cl.N[C@H](CCCCB(O)O)c1nnnn1CC(=O)NCc1ccccc1F. The Morgan fingerprint density at radius 3 is 2.78 bits per heavy atom. The van der Waals surface area contributed by atoms with E-state index in [2.05, 4.69) is 20.8 Å². The second-order valence-corrected chi connectivity index (χ2v) is 5.93. The van der Waals surface area contributed by atoms with Gasteiger partial charge in [-0.2, -0.15) is 0 Å². The number of carbonyl (C=O) groups excluding carboxylic acids is 1. The van der Waals surface area contributed by atoms with Crippen LogP contribution in [0.1, 0.15) is 36.7 Å². The van der Waals surface area contributed by atoms with Crippen molar-refractivity contribution in [2.75, 3.05) is 0 Å². The molecule has 1 aromatic heterocycles. The number of hydrogen-bond acceptors (Lipinski definition) is 7. The van der Waals surface area contributed by atoms with Gasteiger partial charge in [0.2, 0.25) is 5.91 Å². The van der Waals surface area contributed by atoms with Crippen molar-refractivity contribution in [3.05, 3.63) is 41.5 Å². The summed E-state index contributed by atoms with van der Waals surface area (Å²) in [5.41, 5.74) is 6.44. The Labute approximate surface area is 162 Å². The highest BCUT2D eigenvalue weighted by atomic mass is 35.5. The minimum absolute atomic E-state index is 0. The van der Waals surface area contributed by atoms with E-state index in [0.29, 0.717) is 30.7 Å². The van der Waals surface area contributed by atoms with Crippen molar-refractivity contribution in [2.24, 2.45) is 5.73 Å². The van der Waals surface area contributed by atoms with Crippen molar-refractivity contribution in [3.63, 3.8) is 0 Å². The molecule has 27 heavy (non-hydrogen) atoms. The number of halogens is 2. The van der Waals surface area contributed by atoms with Gasteiger partial charge >= 0.3 is 7.12 Å². The molecule has 0 aliphatic carbocycles. The lowest BCUT2D eigenvalue weighted by Gasteiger charge is -2.12.